The van der Waals surface area contributed by atoms with Crippen molar-refractivity contribution in [2.75, 3.05) is 6.61 Å². The van der Waals surface area contributed by atoms with Gasteiger partial charge in [0.15, 0.2) is 0 Å². The van der Waals surface area contributed by atoms with Crippen molar-refractivity contribution in [1.29, 1.82) is 0 Å². The van der Waals surface area contributed by atoms with Gasteiger partial charge in [-0.05, 0) is 13.3 Å². The fourth-order valence-corrected chi connectivity index (χ4v) is 0.509. The second-order valence-corrected chi connectivity index (χ2v) is 2.11. The van der Waals surface area contributed by atoms with Crippen molar-refractivity contribution < 1.29 is 5.11 Å². The summed E-state index contributed by atoms with van der Waals surface area (Å²) in [7, 11) is 0. The molecule has 0 amide bonds. The van der Waals surface area contributed by atoms with E-state index in [2.05, 4.69) is 6.58 Å². The molecule has 0 aromatic heterocycles. The van der Waals surface area contributed by atoms with Crippen molar-refractivity contribution in [3.63, 3.8) is 0 Å². The quantitative estimate of drug-likeness (QED) is 0.465. The van der Waals surface area contributed by atoms with Crippen molar-refractivity contribution in [2.45, 2.75) is 13.3 Å². The second-order valence-electron chi connectivity index (χ2n) is 2.11. The Morgan fingerprint density at radius 2 is 2.30 bits per heavy atom. The third kappa shape index (κ3) is 5.32. The monoisotopic (exact) mass is 138 g/mol. The minimum atomic E-state index is 0.155. The molecule has 0 rings (SSSR count). The molecule has 0 aliphatic heterocycles. The average molecular weight is 138 g/mol. The van der Waals surface area contributed by atoms with Crippen LogP contribution in [0.3, 0.4) is 0 Å². The first-order valence-electron chi connectivity index (χ1n) is 3.35. The standard InChI is InChI=1S/C9H14O/c1-3-4-5-6-7-9(2)8-10/h3-5,7,10H,1,6,8H2,2H3/b5-4-,9-7+. The molecule has 0 heterocycles. The molecule has 1 nitrogen and oxygen atoms in total. The van der Waals surface area contributed by atoms with Gasteiger partial charge in [0.1, 0.15) is 0 Å². The number of hydrogen-bond acceptors (Lipinski definition) is 1. The van der Waals surface area contributed by atoms with E-state index in [0.29, 0.717) is 0 Å². The molecule has 0 aromatic rings. The van der Waals surface area contributed by atoms with Gasteiger partial charge in [-0.2, -0.15) is 0 Å². The molecule has 0 aromatic carbocycles. The minimum Gasteiger partial charge on any atom is -0.392 e. The molecule has 1 heteroatoms. The van der Waals surface area contributed by atoms with Crippen LogP contribution < -0.4 is 0 Å². The average Bonchev–Trinajstić information content (AvgIpc) is 1.98. The van der Waals surface area contributed by atoms with Gasteiger partial charge in [-0.1, -0.05) is 36.5 Å². The fraction of sp³-hybridized carbons (Fsp3) is 0.333. The van der Waals surface area contributed by atoms with Crippen LogP contribution in [-0.2, 0) is 0 Å². The Hall–Kier alpha value is -0.820. The molecule has 0 bridgehead atoms. The van der Waals surface area contributed by atoms with E-state index in [0.717, 1.165) is 12.0 Å². The van der Waals surface area contributed by atoms with Crippen molar-refractivity contribution in [2.24, 2.45) is 0 Å². The van der Waals surface area contributed by atoms with Gasteiger partial charge < -0.3 is 5.11 Å². The molecule has 0 atom stereocenters. The first-order chi connectivity index (χ1) is 4.81. The highest BCUT2D eigenvalue weighted by molar-refractivity contribution is 5.05. The Morgan fingerprint density at radius 3 is 2.80 bits per heavy atom. The van der Waals surface area contributed by atoms with Crippen LogP contribution in [0.5, 0.6) is 0 Å². The molecule has 0 saturated carbocycles. The van der Waals surface area contributed by atoms with Crippen LogP contribution in [0, 0.1) is 0 Å². The molecule has 0 aliphatic rings. The van der Waals surface area contributed by atoms with Gasteiger partial charge in [0.05, 0.1) is 6.61 Å². The number of aliphatic hydroxyl groups is 1. The van der Waals surface area contributed by atoms with E-state index in [1.165, 1.54) is 0 Å². The highest BCUT2D eigenvalue weighted by Gasteiger charge is 1.80. The Morgan fingerprint density at radius 1 is 1.60 bits per heavy atom. The molecule has 1 N–H and O–H groups in total. The van der Waals surface area contributed by atoms with Gasteiger partial charge >= 0.3 is 0 Å². The van der Waals surface area contributed by atoms with Gasteiger partial charge in [0, 0.05) is 0 Å². The normalized spacial score (nSPS) is 12.4. The van der Waals surface area contributed by atoms with Crippen molar-refractivity contribution in [3.8, 4) is 0 Å². The highest BCUT2D eigenvalue weighted by Crippen LogP contribution is 1.94. The van der Waals surface area contributed by atoms with Gasteiger partial charge in [-0.3, -0.25) is 0 Å². The van der Waals surface area contributed by atoms with E-state index in [1.54, 1.807) is 6.08 Å². The van der Waals surface area contributed by atoms with Crippen LogP contribution in [0.2, 0.25) is 0 Å². The molecular formula is C9H14O. The summed E-state index contributed by atoms with van der Waals surface area (Å²) in [6.07, 6.45) is 8.48. The zero-order valence-corrected chi connectivity index (χ0v) is 6.38. The van der Waals surface area contributed by atoms with Crippen LogP contribution >= 0.6 is 0 Å². The van der Waals surface area contributed by atoms with Crippen molar-refractivity contribution in [1.82, 2.24) is 0 Å². The van der Waals surface area contributed by atoms with Crippen molar-refractivity contribution in [3.05, 3.63) is 36.5 Å². The van der Waals surface area contributed by atoms with Crippen LogP contribution in [0.1, 0.15) is 13.3 Å². The molecule has 0 aliphatic carbocycles. The fourth-order valence-electron chi connectivity index (χ4n) is 0.509. The predicted molar refractivity (Wildman–Crippen MR) is 44.8 cm³/mol. The smallest absolute Gasteiger partial charge is 0.0639 e. The highest BCUT2D eigenvalue weighted by atomic mass is 16.3. The number of aliphatic hydroxyl groups excluding tert-OH is 1. The summed E-state index contributed by atoms with van der Waals surface area (Å²) in [5.41, 5.74) is 1.01. The van der Waals surface area contributed by atoms with E-state index in [4.69, 9.17) is 5.11 Å². The molecule has 0 fully saturated rings. The lowest BCUT2D eigenvalue weighted by atomic mass is 10.2. The van der Waals surface area contributed by atoms with Crippen LogP contribution in [-0.4, -0.2) is 11.7 Å². The van der Waals surface area contributed by atoms with Gasteiger partial charge in [-0.25, -0.2) is 0 Å². The van der Waals surface area contributed by atoms with Gasteiger partial charge in [0.2, 0.25) is 0 Å². The third-order valence-electron chi connectivity index (χ3n) is 1.12. The first kappa shape index (κ1) is 9.18. The maximum Gasteiger partial charge on any atom is 0.0639 e. The lowest BCUT2D eigenvalue weighted by Crippen LogP contribution is -1.81. The SMILES string of the molecule is C=C/C=C\C/C=C(\C)CO. The molecule has 0 spiro atoms. The zero-order valence-electron chi connectivity index (χ0n) is 6.38. The third-order valence-corrected chi connectivity index (χ3v) is 1.12. The number of allylic oxidation sites excluding steroid dienone is 4. The summed E-state index contributed by atoms with van der Waals surface area (Å²) in [4.78, 5) is 0. The lowest BCUT2D eigenvalue weighted by molar-refractivity contribution is 0.331. The molecule has 0 radical (unpaired) electrons. The van der Waals surface area contributed by atoms with E-state index in [-0.39, 0.29) is 6.61 Å². The first-order valence-corrected chi connectivity index (χ1v) is 3.35. The summed E-state index contributed by atoms with van der Waals surface area (Å²) < 4.78 is 0. The summed E-state index contributed by atoms with van der Waals surface area (Å²) >= 11 is 0. The second kappa shape index (κ2) is 6.30. The van der Waals surface area contributed by atoms with Crippen molar-refractivity contribution >= 4 is 0 Å². The Balaban J connectivity index is 3.51. The molecule has 10 heavy (non-hydrogen) atoms. The molecular weight excluding hydrogens is 124 g/mol. The maximum atomic E-state index is 8.58. The molecule has 0 saturated heterocycles. The molecule has 56 valence electrons. The van der Waals surface area contributed by atoms with Gasteiger partial charge in [-0.15, -0.1) is 0 Å². The van der Waals surface area contributed by atoms with Crippen LogP contribution in [0.15, 0.2) is 36.5 Å². The minimum absolute atomic E-state index is 0.155. The van der Waals surface area contributed by atoms with Gasteiger partial charge in [0.25, 0.3) is 0 Å². The maximum absolute atomic E-state index is 8.58. The summed E-state index contributed by atoms with van der Waals surface area (Å²) in [5, 5.41) is 8.58. The Bertz CT molecular complexity index is 143. The number of hydrogen-bond donors (Lipinski definition) is 1. The number of rotatable bonds is 4. The summed E-state index contributed by atoms with van der Waals surface area (Å²) in [6, 6.07) is 0. The largest absolute Gasteiger partial charge is 0.392 e. The van der Waals surface area contributed by atoms with E-state index >= 15 is 0 Å². The lowest BCUT2D eigenvalue weighted by Gasteiger charge is -1.89. The van der Waals surface area contributed by atoms with E-state index < -0.39 is 0 Å². The Labute approximate surface area is 62.4 Å². The zero-order chi connectivity index (χ0) is 7.82. The summed E-state index contributed by atoms with van der Waals surface area (Å²) in [6.45, 7) is 5.60. The Kier molecular flexibility index (Phi) is 5.79. The molecule has 0 unspecified atom stereocenters. The van der Waals surface area contributed by atoms with Crippen LogP contribution in [0.25, 0.3) is 0 Å². The topological polar surface area (TPSA) is 20.2 Å². The van der Waals surface area contributed by atoms with Crippen LogP contribution in [0.4, 0.5) is 0 Å². The summed E-state index contributed by atoms with van der Waals surface area (Å²) in [5.74, 6) is 0. The van der Waals surface area contributed by atoms with E-state index in [1.807, 2.05) is 25.2 Å². The van der Waals surface area contributed by atoms with E-state index in [9.17, 15) is 0 Å². The predicted octanol–water partition coefficient (Wildman–Crippen LogP) is 2.06.